The predicted molar refractivity (Wildman–Crippen MR) is 272 cm³/mol. The molecule has 0 atom stereocenters. The molecule has 0 spiro atoms. The summed E-state index contributed by atoms with van der Waals surface area (Å²) in [6.45, 7) is 0. The van der Waals surface area contributed by atoms with Crippen LogP contribution in [0.25, 0.3) is 93.5 Å². The zero-order chi connectivity index (χ0) is 42.4. The van der Waals surface area contributed by atoms with Gasteiger partial charge in [0.05, 0.1) is 22.4 Å². The van der Waals surface area contributed by atoms with Crippen LogP contribution in [0, 0.1) is 0 Å². The predicted octanol–water partition coefficient (Wildman–Crippen LogP) is 17.2. The van der Waals surface area contributed by atoms with E-state index < -0.39 is 0 Å². The molecule has 11 aromatic carbocycles. The fourth-order valence-electron chi connectivity index (χ4n) is 9.93. The van der Waals surface area contributed by atoms with Crippen LogP contribution < -0.4 is 4.90 Å². The lowest BCUT2D eigenvalue weighted by Crippen LogP contribution is -2.12. The van der Waals surface area contributed by atoms with E-state index in [1.54, 1.807) is 0 Å². The lowest BCUT2D eigenvalue weighted by Gasteiger charge is -2.30. The maximum Gasteiger partial charge on any atom is 0.0541 e. The van der Waals surface area contributed by atoms with Crippen LogP contribution in [-0.2, 0) is 0 Å². The van der Waals surface area contributed by atoms with E-state index in [0.717, 1.165) is 39.4 Å². The van der Waals surface area contributed by atoms with Gasteiger partial charge in [0.2, 0.25) is 0 Å². The summed E-state index contributed by atoms with van der Waals surface area (Å²) in [4.78, 5) is 2.49. The average molecular weight is 815 g/mol. The number of fused-ring (bicyclic) bond motifs is 5. The maximum absolute atomic E-state index is 2.49. The maximum atomic E-state index is 2.49. The monoisotopic (exact) mass is 814 g/mol. The first kappa shape index (κ1) is 37.3. The van der Waals surface area contributed by atoms with Gasteiger partial charge in [-0.25, -0.2) is 0 Å². The number of anilines is 3. The number of benzene rings is 11. The molecule has 0 saturated heterocycles. The number of hydrogen-bond acceptors (Lipinski definition) is 1. The molecule has 1 heterocycles. The number of para-hydroxylation sites is 4. The highest BCUT2D eigenvalue weighted by Gasteiger charge is 2.23. The largest absolute Gasteiger partial charge is 0.309 e. The van der Waals surface area contributed by atoms with Crippen LogP contribution in [0.3, 0.4) is 0 Å². The average Bonchev–Trinajstić information content (AvgIpc) is 3.70. The molecule has 0 aliphatic carbocycles. The zero-order valence-electron chi connectivity index (χ0n) is 35.1. The number of nitrogens with zero attached hydrogens (tertiary/aromatic N) is 2. The standard InChI is InChI=1S/C62H42N2/c1-3-19-44(20-4-1)53-34-17-23-45-24-18-35-56(62(45)53)54-31-10-13-37-59(54)64(49-28-15-25-46(41-49)51-33-16-22-43-21-7-8-29-50(43)51)58-36-12-9-30-52(58)47-39-40-61-57(42-47)55-32-11-14-38-60(55)63(61)48-26-5-2-6-27-48/h1-42H. The number of hydrogen-bond donors (Lipinski definition) is 0. The van der Waals surface area contributed by atoms with E-state index in [0.29, 0.717) is 0 Å². The SMILES string of the molecule is c1ccc(-c2cccc3cccc(-c4ccccc4N(c4cccc(-c5cccc6ccccc56)c4)c4ccccc4-c4ccc5c(c4)c4ccccc4n5-c4ccccc4)c23)cc1. The third-order valence-corrected chi connectivity index (χ3v) is 12.8. The van der Waals surface area contributed by atoms with Crippen molar-refractivity contribution in [3.05, 3.63) is 255 Å². The van der Waals surface area contributed by atoms with Gasteiger partial charge in [0.25, 0.3) is 0 Å². The summed E-state index contributed by atoms with van der Waals surface area (Å²) in [7, 11) is 0. The molecule has 0 unspecified atom stereocenters. The third kappa shape index (κ3) is 6.35. The summed E-state index contributed by atoms with van der Waals surface area (Å²) >= 11 is 0. The van der Waals surface area contributed by atoms with Crippen molar-refractivity contribution in [2.75, 3.05) is 4.90 Å². The van der Waals surface area contributed by atoms with Crippen LogP contribution in [-0.4, -0.2) is 4.57 Å². The Morgan fingerprint density at radius 3 is 1.62 bits per heavy atom. The van der Waals surface area contributed by atoms with E-state index in [-0.39, 0.29) is 0 Å². The molecule has 0 radical (unpaired) electrons. The molecule has 64 heavy (non-hydrogen) atoms. The first-order chi connectivity index (χ1) is 31.8. The van der Waals surface area contributed by atoms with Crippen molar-refractivity contribution in [3.63, 3.8) is 0 Å². The summed E-state index contributed by atoms with van der Waals surface area (Å²) in [6.07, 6.45) is 0. The van der Waals surface area contributed by atoms with Crippen molar-refractivity contribution in [1.82, 2.24) is 4.57 Å². The van der Waals surface area contributed by atoms with E-state index in [9.17, 15) is 0 Å². The molecule has 1 aromatic heterocycles. The molecule has 2 heteroatoms. The lowest BCUT2D eigenvalue weighted by molar-refractivity contribution is 1.18. The Morgan fingerprint density at radius 2 is 0.812 bits per heavy atom. The van der Waals surface area contributed by atoms with Crippen LogP contribution in [0.2, 0.25) is 0 Å². The summed E-state index contributed by atoms with van der Waals surface area (Å²) in [5.74, 6) is 0. The Bertz CT molecular complexity index is 3670. The first-order valence-electron chi connectivity index (χ1n) is 22.0. The van der Waals surface area contributed by atoms with Gasteiger partial charge in [0, 0.05) is 33.3 Å². The van der Waals surface area contributed by atoms with Crippen LogP contribution in [0.1, 0.15) is 0 Å². The Labute approximate surface area is 373 Å². The van der Waals surface area contributed by atoms with Crippen LogP contribution in [0.5, 0.6) is 0 Å². The third-order valence-electron chi connectivity index (χ3n) is 12.8. The molecule has 0 aliphatic rings. The van der Waals surface area contributed by atoms with Gasteiger partial charge in [-0.3, -0.25) is 0 Å². The minimum Gasteiger partial charge on any atom is -0.309 e. The molecule has 0 N–H and O–H groups in total. The number of aromatic nitrogens is 1. The molecule has 0 saturated carbocycles. The second-order valence-electron chi connectivity index (χ2n) is 16.4. The molecule has 300 valence electrons. The minimum absolute atomic E-state index is 1.08. The summed E-state index contributed by atoms with van der Waals surface area (Å²) in [5, 5.41) is 7.37. The summed E-state index contributed by atoms with van der Waals surface area (Å²) < 4.78 is 2.38. The molecule has 0 bridgehead atoms. The molecule has 12 rings (SSSR count). The van der Waals surface area contributed by atoms with Gasteiger partial charge < -0.3 is 9.47 Å². The summed E-state index contributed by atoms with van der Waals surface area (Å²) in [5.41, 5.74) is 16.3. The number of rotatable bonds is 8. The zero-order valence-corrected chi connectivity index (χ0v) is 35.1. The highest BCUT2D eigenvalue weighted by atomic mass is 15.1. The van der Waals surface area contributed by atoms with E-state index >= 15 is 0 Å². The van der Waals surface area contributed by atoms with Gasteiger partial charge in [0.15, 0.2) is 0 Å². The van der Waals surface area contributed by atoms with Gasteiger partial charge in [-0.05, 0) is 110 Å². The van der Waals surface area contributed by atoms with Crippen molar-refractivity contribution in [3.8, 4) is 50.2 Å². The molecule has 0 aliphatic heterocycles. The highest BCUT2D eigenvalue weighted by Crippen LogP contribution is 2.48. The van der Waals surface area contributed by atoms with Gasteiger partial charge in [-0.15, -0.1) is 0 Å². The first-order valence-corrected chi connectivity index (χ1v) is 22.0. The van der Waals surface area contributed by atoms with E-state index in [4.69, 9.17) is 0 Å². The Kier molecular flexibility index (Phi) is 9.20. The van der Waals surface area contributed by atoms with Crippen molar-refractivity contribution < 1.29 is 0 Å². The highest BCUT2D eigenvalue weighted by molar-refractivity contribution is 6.12. The van der Waals surface area contributed by atoms with Crippen molar-refractivity contribution in [2.45, 2.75) is 0 Å². The lowest BCUT2D eigenvalue weighted by atomic mass is 9.90. The second kappa shape index (κ2) is 15.8. The van der Waals surface area contributed by atoms with E-state index in [2.05, 4.69) is 264 Å². The van der Waals surface area contributed by atoms with Crippen molar-refractivity contribution in [1.29, 1.82) is 0 Å². The molecule has 0 fully saturated rings. The van der Waals surface area contributed by atoms with Gasteiger partial charge >= 0.3 is 0 Å². The normalized spacial score (nSPS) is 11.4. The second-order valence-corrected chi connectivity index (χ2v) is 16.4. The van der Waals surface area contributed by atoms with Gasteiger partial charge in [-0.2, -0.15) is 0 Å². The van der Waals surface area contributed by atoms with Crippen molar-refractivity contribution in [2.24, 2.45) is 0 Å². The topological polar surface area (TPSA) is 8.17 Å². The molecule has 2 nitrogen and oxygen atoms in total. The van der Waals surface area contributed by atoms with Crippen LogP contribution in [0.15, 0.2) is 255 Å². The van der Waals surface area contributed by atoms with E-state index in [1.807, 2.05) is 0 Å². The van der Waals surface area contributed by atoms with Gasteiger partial charge in [0.1, 0.15) is 0 Å². The fraction of sp³-hybridized carbons (Fsp3) is 0. The smallest absolute Gasteiger partial charge is 0.0541 e. The Balaban J connectivity index is 1.11. The molecule has 12 aromatic rings. The Hall–Kier alpha value is -8.46. The summed E-state index contributed by atoms with van der Waals surface area (Å²) in [6, 6.07) is 92.8. The minimum atomic E-state index is 1.08. The Morgan fingerprint density at radius 1 is 0.281 bits per heavy atom. The van der Waals surface area contributed by atoms with E-state index in [1.165, 1.54) is 71.2 Å². The van der Waals surface area contributed by atoms with Crippen molar-refractivity contribution >= 4 is 60.4 Å². The molecular formula is C62H42N2. The molecule has 0 amide bonds. The molecular weight excluding hydrogens is 773 g/mol. The van der Waals surface area contributed by atoms with Crippen LogP contribution >= 0.6 is 0 Å². The fourth-order valence-corrected chi connectivity index (χ4v) is 9.93. The quantitative estimate of drug-likeness (QED) is 0.148. The van der Waals surface area contributed by atoms with Crippen LogP contribution in [0.4, 0.5) is 17.1 Å². The van der Waals surface area contributed by atoms with Gasteiger partial charge in [-0.1, -0.05) is 200 Å².